The van der Waals surface area contributed by atoms with E-state index in [1.807, 2.05) is 32.9 Å². The minimum Gasteiger partial charge on any atom is -0.444 e. The summed E-state index contributed by atoms with van der Waals surface area (Å²) in [5.41, 5.74) is 5.39. The minimum absolute atomic E-state index is 0.0727. The summed E-state index contributed by atoms with van der Waals surface area (Å²) in [6.07, 6.45) is 7.18. The van der Waals surface area contributed by atoms with Crippen molar-refractivity contribution in [3.63, 3.8) is 0 Å². The van der Waals surface area contributed by atoms with E-state index in [1.165, 1.54) is 11.6 Å². The van der Waals surface area contributed by atoms with Crippen LogP contribution >= 0.6 is 0 Å². The van der Waals surface area contributed by atoms with Gasteiger partial charge in [-0.1, -0.05) is 24.3 Å². The Labute approximate surface area is 188 Å². The van der Waals surface area contributed by atoms with Crippen LogP contribution < -0.4 is 5.14 Å². The van der Waals surface area contributed by atoms with Gasteiger partial charge in [0.2, 0.25) is 10.0 Å². The van der Waals surface area contributed by atoms with Gasteiger partial charge < -0.3 is 9.64 Å². The van der Waals surface area contributed by atoms with Gasteiger partial charge in [-0.25, -0.2) is 18.4 Å². The van der Waals surface area contributed by atoms with Gasteiger partial charge in [0.05, 0.1) is 10.6 Å². The molecule has 1 aliphatic carbocycles. The predicted molar refractivity (Wildman–Crippen MR) is 123 cm³/mol. The molecule has 0 saturated heterocycles. The second-order valence-electron chi connectivity index (χ2n) is 9.02. The van der Waals surface area contributed by atoms with E-state index >= 15 is 0 Å². The maximum Gasteiger partial charge on any atom is 0.410 e. The van der Waals surface area contributed by atoms with Crippen LogP contribution in [0.4, 0.5) is 4.79 Å². The van der Waals surface area contributed by atoms with Gasteiger partial charge in [0.15, 0.2) is 0 Å². The van der Waals surface area contributed by atoms with Crippen molar-refractivity contribution in [3.05, 3.63) is 65.5 Å². The first-order chi connectivity index (χ1) is 15.0. The highest BCUT2D eigenvalue weighted by Crippen LogP contribution is 2.37. The van der Waals surface area contributed by atoms with E-state index < -0.39 is 15.6 Å². The fourth-order valence-corrected chi connectivity index (χ4v) is 4.48. The maximum atomic E-state index is 12.3. The van der Waals surface area contributed by atoms with Crippen LogP contribution in [0.25, 0.3) is 16.7 Å². The lowest BCUT2D eigenvalue weighted by molar-refractivity contribution is 0.0267. The number of nitrogens with two attached hydrogens (primary N) is 1. The lowest BCUT2D eigenvalue weighted by Gasteiger charge is -2.30. The highest BCUT2D eigenvalue weighted by atomic mass is 32.2. The molecule has 2 aromatic rings. The summed E-state index contributed by atoms with van der Waals surface area (Å²) in [4.78, 5) is 18.7. The number of hydrogen-bond acceptors (Lipinski definition) is 5. The van der Waals surface area contributed by atoms with E-state index in [-0.39, 0.29) is 11.0 Å². The first-order valence-electron chi connectivity index (χ1n) is 10.5. The molecule has 0 saturated carbocycles. The average Bonchev–Trinajstić information content (AvgIpc) is 3.15. The predicted octanol–water partition coefficient (Wildman–Crippen LogP) is 3.90. The quantitative estimate of drug-likeness (QED) is 0.759. The third kappa shape index (κ3) is 4.76. The van der Waals surface area contributed by atoms with Crippen LogP contribution in [0, 0.1) is 0 Å². The van der Waals surface area contributed by atoms with E-state index in [4.69, 9.17) is 9.88 Å². The third-order valence-corrected chi connectivity index (χ3v) is 6.37. The van der Waals surface area contributed by atoms with Gasteiger partial charge in [0.1, 0.15) is 5.60 Å². The van der Waals surface area contributed by atoms with Crippen LogP contribution in [0.3, 0.4) is 0 Å². The monoisotopic (exact) mass is 453 g/mol. The van der Waals surface area contributed by atoms with Crippen molar-refractivity contribution in [2.75, 3.05) is 13.1 Å². The van der Waals surface area contributed by atoms with Crippen molar-refractivity contribution in [1.29, 1.82) is 0 Å². The smallest absolute Gasteiger partial charge is 0.410 e. The van der Waals surface area contributed by atoms with Crippen LogP contribution in [0.2, 0.25) is 0 Å². The molecule has 1 aromatic carbocycles. The number of carbonyl (C=O) groups is 1. The summed E-state index contributed by atoms with van der Waals surface area (Å²) >= 11 is 0. The van der Waals surface area contributed by atoms with E-state index in [1.54, 1.807) is 23.2 Å². The summed E-state index contributed by atoms with van der Waals surface area (Å²) in [5, 5.41) is 5.28. The SMILES string of the molecule is CC(C)(C)OC(=O)N1CC=C(C2=CCc3ncc(-c4cccc(S(N)(=O)=O)c4)cc32)CC1. The average molecular weight is 454 g/mol. The lowest BCUT2D eigenvalue weighted by atomic mass is 9.94. The minimum atomic E-state index is -3.78. The Morgan fingerprint density at radius 1 is 1.16 bits per heavy atom. The molecule has 0 unspecified atom stereocenters. The Morgan fingerprint density at radius 2 is 1.94 bits per heavy atom. The van der Waals surface area contributed by atoms with Gasteiger partial charge in [0, 0.05) is 36.8 Å². The summed E-state index contributed by atoms with van der Waals surface area (Å²) in [5.74, 6) is 0. The second kappa shape index (κ2) is 8.18. The Hall–Kier alpha value is -2.97. The Morgan fingerprint density at radius 3 is 2.59 bits per heavy atom. The van der Waals surface area contributed by atoms with Crippen LogP contribution in [0.15, 0.2) is 59.1 Å². The van der Waals surface area contributed by atoms with Gasteiger partial charge in [-0.3, -0.25) is 4.98 Å². The number of carbonyl (C=O) groups excluding carboxylic acids is 1. The molecule has 1 aromatic heterocycles. The molecule has 7 nitrogen and oxygen atoms in total. The van der Waals surface area contributed by atoms with Crippen molar-refractivity contribution < 1.29 is 17.9 Å². The van der Waals surface area contributed by atoms with Crippen LogP contribution in [-0.4, -0.2) is 43.1 Å². The molecule has 8 heteroatoms. The molecule has 4 rings (SSSR count). The molecule has 0 bridgehead atoms. The normalized spacial score (nSPS) is 16.3. The molecule has 2 N–H and O–H groups in total. The lowest BCUT2D eigenvalue weighted by Crippen LogP contribution is -2.39. The Bertz CT molecular complexity index is 1240. The van der Waals surface area contributed by atoms with Crippen molar-refractivity contribution in [2.24, 2.45) is 5.14 Å². The van der Waals surface area contributed by atoms with Crippen molar-refractivity contribution in [1.82, 2.24) is 9.88 Å². The zero-order chi connectivity index (χ0) is 23.1. The van der Waals surface area contributed by atoms with E-state index in [9.17, 15) is 13.2 Å². The number of allylic oxidation sites excluding steroid dienone is 2. The van der Waals surface area contributed by atoms with Crippen LogP contribution in [-0.2, 0) is 21.2 Å². The second-order valence-corrected chi connectivity index (χ2v) is 10.6. The molecule has 32 heavy (non-hydrogen) atoms. The van der Waals surface area contributed by atoms with E-state index in [2.05, 4.69) is 17.1 Å². The number of primary sulfonamides is 1. The van der Waals surface area contributed by atoms with Crippen LogP contribution in [0.5, 0.6) is 0 Å². The number of aromatic nitrogens is 1. The van der Waals surface area contributed by atoms with Crippen molar-refractivity contribution >= 4 is 21.7 Å². The molecule has 168 valence electrons. The van der Waals surface area contributed by atoms with Crippen LogP contribution in [0.1, 0.15) is 38.4 Å². The van der Waals surface area contributed by atoms with Gasteiger partial charge in [-0.15, -0.1) is 0 Å². The molecule has 1 amide bonds. The highest BCUT2D eigenvalue weighted by Gasteiger charge is 2.26. The zero-order valence-electron chi connectivity index (χ0n) is 18.5. The number of benzene rings is 1. The van der Waals surface area contributed by atoms with Gasteiger partial charge in [-0.05, 0) is 62.1 Å². The standard InChI is InChI=1S/C24H27N3O4S/c1-24(2,3)31-23(28)27-11-9-16(10-12-27)20-7-8-22-21(20)14-18(15-26-22)17-5-4-6-19(13-17)32(25,29)30/h4-7,9,13-15H,8,10-12H2,1-3H3,(H2,25,29,30). The molecule has 2 aliphatic rings. The largest absolute Gasteiger partial charge is 0.444 e. The topological polar surface area (TPSA) is 103 Å². The molecule has 0 spiro atoms. The van der Waals surface area contributed by atoms with Gasteiger partial charge >= 0.3 is 6.09 Å². The molecule has 0 fully saturated rings. The number of pyridine rings is 1. The number of hydrogen-bond donors (Lipinski definition) is 1. The fourth-order valence-electron chi connectivity index (χ4n) is 3.92. The number of fused-ring (bicyclic) bond motifs is 1. The van der Waals surface area contributed by atoms with Crippen molar-refractivity contribution in [2.45, 2.75) is 44.1 Å². The summed E-state index contributed by atoms with van der Waals surface area (Å²) in [6.45, 7) is 6.68. The number of ether oxygens (including phenoxy) is 1. The molecule has 2 heterocycles. The van der Waals surface area contributed by atoms with E-state index in [0.717, 1.165) is 40.8 Å². The molecule has 0 radical (unpaired) electrons. The molecular formula is C24H27N3O4S. The third-order valence-electron chi connectivity index (χ3n) is 5.46. The molecular weight excluding hydrogens is 426 g/mol. The fraction of sp³-hybridized carbons (Fsp3) is 0.333. The summed E-state index contributed by atoms with van der Waals surface area (Å²) in [7, 11) is -3.78. The molecule has 1 aliphatic heterocycles. The van der Waals surface area contributed by atoms with Crippen molar-refractivity contribution in [3.8, 4) is 11.1 Å². The first kappa shape index (κ1) is 22.2. The number of sulfonamides is 1. The Kier molecular flexibility index (Phi) is 5.68. The summed E-state index contributed by atoms with van der Waals surface area (Å²) < 4.78 is 28.9. The van der Waals surface area contributed by atoms with E-state index in [0.29, 0.717) is 13.1 Å². The Balaban J connectivity index is 1.57. The maximum absolute atomic E-state index is 12.3. The van der Waals surface area contributed by atoms with Gasteiger partial charge in [0.25, 0.3) is 0 Å². The highest BCUT2D eigenvalue weighted by molar-refractivity contribution is 7.89. The first-order valence-corrected chi connectivity index (χ1v) is 12.1. The number of nitrogens with zero attached hydrogens (tertiary/aromatic N) is 2. The molecule has 0 atom stereocenters. The summed E-state index contributed by atoms with van der Waals surface area (Å²) in [6, 6.07) is 8.61. The van der Waals surface area contributed by atoms with Gasteiger partial charge in [-0.2, -0.15) is 0 Å². The zero-order valence-corrected chi connectivity index (χ0v) is 19.3. The number of amides is 1. The number of rotatable bonds is 3.